The minimum Gasteiger partial charge on any atom is -0.326 e. The largest absolute Gasteiger partial charge is 0.326 e. The first-order valence-electron chi connectivity index (χ1n) is 10.1. The van der Waals surface area contributed by atoms with E-state index in [4.69, 9.17) is 64.4 Å². The van der Waals surface area contributed by atoms with Crippen molar-refractivity contribution >= 4 is 75.4 Å². The van der Waals surface area contributed by atoms with Gasteiger partial charge in [-0.2, -0.15) is 0 Å². The molecule has 0 spiro atoms. The molecule has 1 aliphatic rings. The summed E-state index contributed by atoms with van der Waals surface area (Å²) >= 11 is 31.3. The molecule has 0 heterocycles. The number of carbonyl (C=O) groups is 2. The quantitative estimate of drug-likeness (QED) is 0.195. The van der Waals surface area contributed by atoms with Crippen LogP contribution in [0.25, 0.3) is 0 Å². The maximum absolute atomic E-state index is 13.0. The van der Waals surface area contributed by atoms with E-state index in [0.717, 1.165) is 5.56 Å². The summed E-state index contributed by atoms with van der Waals surface area (Å²) in [7, 11) is 0. The van der Waals surface area contributed by atoms with Crippen LogP contribution in [-0.4, -0.2) is 16.0 Å². The Bertz CT molecular complexity index is 1330. The number of anilines is 1. The average molecular weight is 552 g/mol. The second-order valence-electron chi connectivity index (χ2n) is 7.96. The van der Waals surface area contributed by atoms with Crippen molar-refractivity contribution in [2.45, 2.75) is 16.7 Å². The zero-order valence-corrected chi connectivity index (χ0v) is 21.2. The fourth-order valence-corrected chi connectivity index (χ4v) is 5.50. The highest BCUT2D eigenvalue weighted by molar-refractivity contribution is 6.53. The van der Waals surface area contributed by atoms with Gasteiger partial charge in [-0.3, -0.25) is 9.59 Å². The van der Waals surface area contributed by atoms with E-state index in [-0.39, 0.29) is 22.8 Å². The standard InChI is InChI=1S/C26H16Cl5NO2/c1-2-14-4-3-5-15(8-14)9-22(33)20-13-19(6-7-21(20)29)32-25(34)24-23(26(24,30)31)16-10-17(27)12-18(28)11-16/h1,3-8,10-13,23-24H,9H2,(H,32,34). The van der Waals surface area contributed by atoms with Gasteiger partial charge in [0.2, 0.25) is 5.91 Å². The van der Waals surface area contributed by atoms with Crippen LogP contribution in [0.1, 0.15) is 33.0 Å². The lowest BCUT2D eigenvalue weighted by atomic mass is 10.0. The van der Waals surface area contributed by atoms with Crippen LogP contribution in [0.2, 0.25) is 15.1 Å². The van der Waals surface area contributed by atoms with E-state index in [1.165, 1.54) is 6.07 Å². The summed E-state index contributed by atoms with van der Waals surface area (Å²) in [6.45, 7) is 0. The summed E-state index contributed by atoms with van der Waals surface area (Å²) in [5.41, 5.74) is 2.80. The summed E-state index contributed by atoms with van der Waals surface area (Å²) in [6, 6.07) is 16.8. The number of nitrogens with one attached hydrogen (secondary N) is 1. The Kier molecular flexibility index (Phi) is 7.20. The maximum atomic E-state index is 13.0. The third-order valence-electron chi connectivity index (χ3n) is 5.57. The molecule has 0 aromatic heterocycles. The molecule has 3 nitrogen and oxygen atoms in total. The topological polar surface area (TPSA) is 46.2 Å². The van der Waals surface area contributed by atoms with E-state index < -0.39 is 22.1 Å². The van der Waals surface area contributed by atoms with E-state index in [1.54, 1.807) is 48.5 Å². The summed E-state index contributed by atoms with van der Waals surface area (Å²) in [5, 5.41) is 3.90. The van der Waals surface area contributed by atoms with E-state index in [0.29, 0.717) is 26.9 Å². The molecular weight excluding hydrogens is 536 g/mol. The molecule has 3 aromatic rings. The highest BCUT2D eigenvalue weighted by atomic mass is 35.5. The fraction of sp³-hybridized carbons (Fsp3) is 0.154. The summed E-state index contributed by atoms with van der Waals surface area (Å²) in [6.07, 6.45) is 5.54. The molecule has 34 heavy (non-hydrogen) atoms. The Morgan fingerprint density at radius 1 is 0.971 bits per heavy atom. The molecule has 3 aromatic carbocycles. The highest BCUT2D eigenvalue weighted by Gasteiger charge is 2.67. The first-order valence-corrected chi connectivity index (χ1v) is 12.0. The Labute approximate surface area is 222 Å². The number of terminal acetylenes is 1. The van der Waals surface area contributed by atoms with Crippen LogP contribution in [-0.2, 0) is 11.2 Å². The van der Waals surface area contributed by atoms with Gasteiger partial charge in [0, 0.05) is 39.2 Å². The van der Waals surface area contributed by atoms with Crippen molar-refractivity contribution in [1.82, 2.24) is 0 Å². The molecule has 8 heteroatoms. The average Bonchev–Trinajstić information content (AvgIpc) is 3.36. The van der Waals surface area contributed by atoms with Crippen molar-refractivity contribution in [3.05, 3.63) is 98.0 Å². The molecule has 0 saturated heterocycles. The number of hydrogen-bond donors (Lipinski definition) is 1. The highest BCUT2D eigenvalue weighted by Crippen LogP contribution is 2.65. The third-order valence-corrected chi connectivity index (χ3v) is 7.28. The minimum absolute atomic E-state index is 0.110. The van der Waals surface area contributed by atoms with Crippen LogP contribution in [0.15, 0.2) is 60.7 Å². The number of hydrogen-bond acceptors (Lipinski definition) is 2. The molecule has 0 radical (unpaired) electrons. The smallest absolute Gasteiger partial charge is 0.231 e. The van der Waals surface area contributed by atoms with Crippen LogP contribution in [0.4, 0.5) is 5.69 Å². The molecule has 0 bridgehead atoms. The van der Waals surface area contributed by atoms with Gasteiger partial charge in [0.1, 0.15) is 4.33 Å². The number of carbonyl (C=O) groups excluding carboxylic acids is 2. The zero-order valence-electron chi connectivity index (χ0n) is 17.4. The van der Waals surface area contributed by atoms with E-state index in [1.807, 2.05) is 6.07 Å². The monoisotopic (exact) mass is 549 g/mol. The first-order chi connectivity index (χ1) is 16.1. The second-order valence-corrected chi connectivity index (χ2v) is 10.7. The van der Waals surface area contributed by atoms with Crippen LogP contribution in [0.3, 0.4) is 0 Å². The molecule has 2 atom stereocenters. The van der Waals surface area contributed by atoms with Gasteiger partial charge in [0.25, 0.3) is 0 Å². The molecule has 1 N–H and O–H groups in total. The Morgan fingerprint density at radius 3 is 2.35 bits per heavy atom. The van der Waals surface area contributed by atoms with Crippen LogP contribution >= 0.6 is 58.0 Å². The first kappa shape index (κ1) is 24.9. The van der Waals surface area contributed by atoms with Gasteiger partial charge in [0.15, 0.2) is 5.78 Å². The summed E-state index contributed by atoms with van der Waals surface area (Å²) in [5.74, 6) is 0.728. The van der Waals surface area contributed by atoms with Crippen molar-refractivity contribution in [3.8, 4) is 12.3 Å². The number of benzene rings is 3. The maximum Gasteiger partial charge on any atom is 0.231 e. The van der Waals surface area contributed by atoms with Crippen molar-refractivity contribution in [1.29, 1.82) is 0 Å². The van der Waals surface area contributed by atoms with Crippen LogP contribution < -0.4 is 5.32 Å². The van der Waals surface area contributed by atoms with E-state index in [9.17, 15) is 9.59 Å². The molecule has 1 amide bonds. The number of ketones is 1. The molecule has 172 valence electrons. The van der Waals surface area contributed by atoms with Gasteiger partial charge in [-0.25, -0.2) is 0 Å². The fourth-order valence-electron chi connectivity index (χ4n) is 3.91. The van der Waals surface area contributed by atoms with Crippen molar-refractivity contribution < 1.29 is 9.59 Å². The molecule has 0 aliphatic heterocycles. The predicted octanol–water partition coefficient (Wildman–Crippen LogP) is 7.58. The van der Waals surface area contributed by atoms with Gasteiger partial charge in [-0.15, -0.1) is 29.6 Å². The van der Waals surface area contributed by atoms with Gasteiger partial charge in [0.05, 0.1) is 10.9 Å². The lowest BCUT2D eigenvalue weighted by Gasteiger charge is -2.09. The van der Waals surface area contributed by atoms with Crippen LogP contribution in [0.5, 0.6) is 0 Å². The third kappa shape index (κ3) is 5.23. The molecule has 1 fully saturated rings. The molecule has 1 saturated carbocycles. The van der Waals surface area contributed by atoms with Gasteiger partial charge in [-0.1, -0.05) is 52.9 Å². The molecule has 1 aliphatic carbocycles. The lowest BCUT2D eigenvalue weighted by Crippen LogP contribution is -2.17. The Morgan fingerprint density at radius 2 is 1.68 bits per heavy atom. The molecule has 2 unspecified atom stereocenters. The van der Waals surface area contributed by atoms with E-state index >= 15 is 0 Å². The molecular formula is C26H16Cl5NO2. The number of Topliss-reactive ketones (excluding diaryl/α,β-unsaturated/α-hetero) is 1. The Hall–Kier alpha value is -2.19. The van der Waals surface area contributed by atoms with Crippen molar-refractivity contribution in [2.75, 3.05) is 5.32 Å². The zero-order chi connectivity index (χ0) is 24.6. The van der Waals surface area contributed by atoms with Crippen molar-refractivity contribution in [2.24, 2.45) is 5.92 Å². The predicted molar refractivity (Wildman–Crippen MR) is 140 cm³/mol. The van der Waals surface area contributed by atoms with Gasteiger partial charge < -0.3 is 5.32 Å². The SMILES string of the molecule is C#Cc1cccc(CC(=O)c2cc(NC(=O)C3C(c4cc(Cl)cc(Cl)c4)C3(Cl)Cl)ccc2Cl)c1. The number of alkyl halides is 2. The van der Waals surface area contributed by atoms with E-state index in [2.05, 4.69) is 11.2 Å². The second kappa shape index (κ2) is 9.82. The van der Waals surface area contributed by atoms with Crippen molar-refractivity contribution in [3.63, 3.8) is 0 Å². The minimum atomic E-state index is -1.31. The summed E-state index contributed by atoms with van der Waals surface area (Å²) in [4.78, 5) is 25.9. The normalized spacial score (nSPS) is 18.1. The number of rotatable bonds is 6. The number of halogens is 5. The summed E-state index contributed by atoms with van der Waals surface area (Å²) < 4.78 is -1.31. The lowest BCUT2D eigenvalue weighted by molar-refractivity contribution is -0.117. The van der Waals surface area contributed by atoms with Gasteiger partial charge >= 0.3 is 0 Å². The number of amides is 1. The molecule has 4 rings (SSSR count). The van der Waals surface area contributed by atoms with Gasteiger partial charge in [-0.05, 0) is 59.7 Å². The van der Waals surface area contributed by atoms with Crippen LogP contribution in [0, 0.1) is 18.3 Å². The Balaban J connectivity index is 1.51.